The maximum Gasteiger partial charge on any atom is 0.135 e. The maximum absolute atomic E-state index is 12.1. The van der Waals surface area contributed by atoms with Crippen LogP contribution in [0, 0.1) is 11.3 Å². The van der Waals surface area contributed by atoms with Crippen LogP contribution in [0.15, 0.2) is 0 Å². The van der Waals surface area contributed by atoms with Crippen molar-refractivity contribution < 1.29 is 4.79 Å². The summed E-state index contributed by atoms with van der Waals surface area (Å²) < 4.78 is 0. The van der Waals surface area contributed by atoms with Crippen molar-refractivity contribution >= 4 is 5.78 Å². The number of carbonyl (C=O) groups is 1. The van der Waals surface area contributed by atoms with Crippen molar-refractivity contribution in [3.63, 3.8) is 0 Å². The molecule has 0 atom stereocenters. The second-order valence-electron chi connectivity index (χ2n) is 6.70. The van der Waals surface area contributed by atoms with Crippen molar-refractivity contribution in [2.75, 3.05) is 20.6 Å². The Hall–Kier alpha value is -0.370. The number of rotatable bonds is 6. The fourth-order valence-corrected chi connectivity index (χ4v) is 3.03. The Balaban J connectivity index is 2.31. The van der Waals surface area contributed by atoms with Gasteiger partial charge in [0.05, 0.1) is 0 Å². The van der Waals surface area contributed by atoms with Gasteiger partial charge in [0.1, 0.15) is 5.78 Å². The second kappa shape index (κ2) is 6.53. The molecule has 17 heavy (non-hydrogen) atoms. The van der Waals surface area contributed by atoms with E-state index in [1.54, 1.807) is 0 Å². The number of hydrogen-bond acceptors (Lipinski definition) is 2. The minimum atomic E-state index is 0.258. The molecule has 0 spiro atoms. The van der Waals surface area contributed by atoms with Crippen LogP contribution in [0.1, 0.15) is 58.8 Å². The lowest BCUT2D eigenvalue weighted by molar-refractivity contribution is -0.124. The van der Waals surface area contributed by atoms with Crippen LogP contribution in [0.3, 0.4) is 0 Å². The Kier molecular flexibility index (Phi) is 5.64. The Morgan fingerprint density at radius 3 is 2.29 bits per heavy atom. The number of Topliss-reactive ketones (excluding diaryl/α,β-unsaturated/α-hetero) is 1. The van der Waals surface area contributed by atoms with Crippen LogP contribution in [-0.2, 0) is 4.79 Å². The molecule has 0 unspecified atom stereocenters. The lowest BCUT2D eigenvalue weighted by Crippen LogP contribution is -2.30. The van der Waals surface area contributed by atoms with Gasteiger partial charge in [-0.25, -0.2) is 0 Å². The van der Waals surface area contributed by atoms with Gasteiger partial charge in [-0.2, -0.15) is 0 Å². The summed E-state index contributed by atoms with van der Waals surface area (Å²) >= 11 is 0. The number of ketones is 1. The molecule has 0 aliphatic heterocycles. The molecule has 1 fully saturated rings. The summed E-state index contributed by atoms with van der Waals surface area (Å²) in [5.41, 5.74) is 0.258. The smallest absolute Gasteiger partial charge is 0.135 e. The zero-order chi connectivity index (χ0) is 12.9. The highest BCUT2D eigenvalue weighted by atomic mass is 16.1. The first-order chi connectivity index (χ1) is 7.91. The number of nitrogens with zero attached hydrogens (tertiary/aromatic N) is 1. The van der Waals surface area contributed by atoms with Gasteiger partial charge < -0.3 is 4.90 Å². The molecule has 0 aromatic heterocycles. The molecule has 0 saturated heterocycles. The summed E-state index contributed by atoms with van der Waals surface area (Å²) in [6, 6.07) is 0. The first-order valence-corrected chi connectivity index (χ1v) is 7.08. The standard InChI is InChI=1S/C15H29NO/c1-15(2,12-16(3)4)11-10-14(17)13-8-6-5-7-9-13/h13H,5-12H2,1-4H3. The normalized spacial score (nSPS) is 18.6. The predicted octanol–water partition coefficient (Wildman–Crippen LogP) is 3.50. The summed E-state index contributed by atoms with van der Waals surface area (Å²) in [4.78, 5) is 14.3. The van der Waals surface area contributed by atoms with E-state index >= 15 is 0 Å². The van der Waals surface area contributed by atoms with Gasteiger partial charge in [-0.3, -0.25) is 4.79 Å². The average Bonchev–Trinajstić information content (AvgIpc) is 2.25. The van der Waals surface area contributed by atoms with Gasteiger partial charge in [-0.05, 0) is 38.8 Å². The summed E-state index contributed by atoms with van der Waals surface area (Å²) in [5, 5.41) is 0. The highest BCUT2D eigenvalue weighted by Crippen LogP contribution is 2.29. The topological polar surface area (TPSA) is 20.3 Å². The quantitative estimate of drug-likeness (QED) is 0.707. The van der Waals surface area contributed by atoms with Crippen molar-refractivity contribution in [2.24, 2.45) is 11.3 Å². The molecule has 0 aromatic rings. The third-order valence-electron chi connectivity index (χ3n) is 3.85. The molecule has 1 aliphatic rings. The maximum atomic E-state index is 12.1. The van der Waals surface area contributed by atoms with Crippen molar-refractivity contribution in [1.82, 2.24) is 4.90 Å². The fourth-order valence-electron chi connectivity index (χ4n) is 3.03. The molecule has 0 radical (unpaired) electrons. The Bertz CT molecular complexity index is 239. The summed E-state index contributed by atoms with van der Waals surface area (Å²) in [6.45, 7) is 5.59. The van der Waals surface area contributed by atoms with Crippen LogP contribution >= 0.6 is 0 Å². The van der Waals surface area contributed by atoms with E-state index in [1.807, 2.05) is 0 Å². The van der Waals surface area contributed by atoms with Gasteiger partial charge in [0.15, 0.2) is 0 Å². The zero-order valence-corrected chi connectivity index (χ0v) is 12.1. The SMILES string of the molecule is CN(C)CC(C)(C)CCC(=O)C1CCCCC1. The van der Waals surface area contributed by atoms with Crippen LogP contribution in [0.2, 0.25) is 0 Å². The lowest BCUT2D eigenvalue weighted by Gasteiger charge is -2.29. The Labute approximate surface area is 107 Å². The van der Waals surface area contributed by atoms with Crippen LogP contribution in [-0.4, -0.2) is 31.3 Å². The van der Waals surface area contributed by atoms with Gasteiger partial charge in [0, 0.05) is 18.9 Å². The van der Waals surface area contributed by atoms with E-state index in [0.29, 0.717) is 11.7 Å². The molecule has 2 heteroatoms. The van der Waals surface area contributed by atoms with E-state index in [2.05, 4.69) is 32.8 Å². The zero-order valence-electron chi connectivity index (χ0n) is 12.1. The van der Waals surface area contributed by atoms with Crippen LogP contribution in [0.4, 0.5) is 0 Å². The van der Waals surface area contributed by atoms with E-state index in [9.17, 15) is 4.79 Å². The predicted molar refractivity (Wildman–Crippen MR) is 73.2 cm³/mol. The molecule has 0 amide bonds. The van der Waals surface area contributed by atoms with Crippen molar-refractivity contribution in [2.45, 2.75) is 58.8 Å². The molecule has 1 rings (SSSR count). The summed E-state index contributed by atoms with van der Waals surface area (Å²) in [7, 11) is 4.20. The van der Waals surface area contributed by atoms with Gasteiger partial charge in [0.25, 0.3) is 0 Å². The van der Waals surface area contributed by atoms with Gasteiger partial charge >= 0.3 is 0 Å². The first-order valence-electron chi connectivity index (χ1n) is 7.08. The summed E-state index contributed by atoms with van der Waals surface area (Å²) in [5.74, 6) is 0.912. The molecule has 2 nitrogen and oxygen atoms in total. The van der Waals surface area contributed by atoms with Gasteiger partial charge in [0.2, 0.25) is 0 Å². The monoisotopic (exact) mass is 239 g/mol. The molecule has 100 valence electrons. The summed E-state index contributed by atoms with van der Waals surface area (Å²) in [6.07, 6.45) is 7.96. The second-order valence-corrected chi connectivity index (χ2v) is 6.70. The molecule has 1 saturated carbocycles. The number of carbonyl (C=O) groups excluding carboxylic acids is 1. The van der Waals surface area contributed by atoms with E-state index in [4.69, 9.17) is 0 Å². The third-order valence-corrected chi connectivity index (χ3v) is 3.85. The van der Waals surface area contributed by atoms with Crippen molar-refractivity contribution in [1.29, 1.82) is 0 Å². The molecular weight excluding hydrogens is 210 g/mol. The molecule has 0 heterocycles. The highest BCUT2D eigenvalue weighted by Gasteiger charge is 2.24. The largest absolute Gasteiger partial charge is 0.309 e. The fraction of sp³-hybridized carbons (Fsp3) is 0.933. The first kappa shape index (κ1) is 14.7. The Morgan fingerprint density at radius 2 is 1.76 bits per heavy atom. The van der Waals surface area contributed by atoms with Crippen LogP contribution in [0.5, 0.6) is 0 Å². The average molecular weight is 239 g/mol. The minimum Gasteiger partial charge on any atom is -0.309 e. The minimum absolute atomic E-state index is 0.258. The van der Waals surface area contributed by atoms with E-state index in [0.717, 1.165) is 32.2 Å². The molecule has 0 bridgehead atoms. The van der Waals surface area contributed by atoms with Crippen molar-refractivity contribution in [3.8, 4) is 0 Å². The third kappa shape index (κ3) is 5.67. The van der Waals surface area contributed by atoms with Gasteiger partial charge in [-0.1, -0.05) is 33.1 Å². The highest BCUT2D eigenvalue weighted by molar-refractivity contribution is 5.81. The van der Waals surface area contributed by atoms with E-state index in [1.165, 1.54) is 19.3 Å². The molecule has 0 aromatic carbocycles. The number of hydrogen-bond donors (Lipinski definition) is 0. The van der Waals surface area contributed by atoms with Crippen molar-refractivity contribution in [3.05, 3.63) is 0 Å². The Morgan fingerprint density at radius 1 is 1.18 bits per heavy atom. The van der Waals surface area contributed by atoms with Crippen LogP contribution < -0.4 is 0 Å². The molecular formula is C15H29NO. The van der Waals surface area contributed by atoms with Gasteiger partial charge in [-0.15, -0.1) is 0 Å². The van der Waals surface area contributed by atoms with E-state index in [-0.39, 0.29) is 5.41 Å². The molecule has 1 aliphatic carbocycles. The van der Waals surface area contributed by atoms with E-state index < -0.39 is 0 Å². The molecule has 0 N–H and O–H groups in total. The van der Waals surface area contributed by atoms with Crippen LogP contribution in [0.25, 0.3) is 0 Å². The lowest BCUT2D eigenvalue weighted by atomic mass is 9.81.